The van der Waals surface area contributed by atoms with Crippen molar-refractivity contribution in [3.63, 3.8) is 0 Å². The molecule has 0 heterocycles. The summed E-state index contributed by atoms with van der Waals surface area (Å²) in [7, 11) is 1.13. The summed E-state index contributed by atoms with van der Waals surface area (Å²) in [5, 5.41) is 8.29. The second-order valence-electron chi connectivity index (χ2n) is 2.27. The van der Waals surface area contributed by atoms with Crippen LogP contribution >= 0.6 is 0 Å². The van der Waals surface area contributed by atoms with Crippen molar-refractivity contribution < 1.29 is 19.4 Å². The average molecular weight is 161 g/mol. The van der Waals surface area contributed by atoms with Crippen molar-refractivity contribution in [2.45, 2.75) is 20.0 Å². The maximum atomic E-state index is 10.7. The number of rotatable bonds is 1. The van der Waals surface area contributed by atoms with Crippen LogP contribution in [0, 0.1) is 0 Å². The average Bonchev–Trinajstić information content (AvgIpc) is 1.84. The predicted octanol–water partition coefficient (Wildman–Crippen LogP) is 1.14. The molecule has 1 N–H and O–H groups in total. The number of carbonyl (C=O) groups is 2. The number of hydrogen-bond donors (Lipinski definition) is 1. The van der Waals surface area contributed by atoms with Gasteiger partial charge < -0.3 is 9.84 Å². The molecule has 0 radical (unpaired) electrons. The van der Waals surface area contributed by atoms with E-state index in [1.807, 2.05) is 0 Å². The van der Waals surface area contributed by atoms with Gasteiger partial charge in [0.15, 0.2) is 0 Å². The number of carboxylic acid groups (broad SMARTS) is 1. The van der Waals surface area contributed by atoms with Gasteiger partial charge in [0.05, 0.1) is 6.10 Å². The molecule has 0 saturated heterocycles. The van der Waals surface area contributed by atoms with E-state index in [9.17, 15) is 9.59 Å². The Labute approximate surface area is 64.6 Å². The monoisotopic (exact) mass is 161 g/mol. The largest absolute Gasteiger partial charge is 0.465 e. The first-order valence-electron chi connectivity index (χ1n) is 3.12. The predicted molar refractivity (Wildman–Crippen MR) is 37.4 cm³/mol. The molecular weight excluding hydrogens is 150 g/mol. The Balaban J connectivity index is 3.93. The molecule has 0 aromatic rings. The summed E-state index contributed by atoms with van der Waals surface area (Å²) < 4.78 is 4.58. The number of hydrogen-bond acceptors (Lipinski definition) is 3. The van der Waals surface area contributed by atoms with E-state index in [1.54, 1.807) is 13.8 Å². The first kappa shape index (κ1) is 9.74. The van der Waals surface area contributed by atoms with Gasteiger partial charge in [-0.1, -0.05) is 0 Å². The van der Waals surface area contributed by atoms with Gasteiger partial charge in [0.1, 0.15) is 0 Å². The molecule has 0 aliphatic heterocycles. The second-order valence-corrected chi connectivity index (χ2v) is 2.27. The van der Waals surface area contributed by atoms with Crippen LogP contribution in [0.4, 0.5) is 9.59 Å². The minimum atomic E-state index is -1.32. The van der Waals surface area contributed by atoms with E-state index in [1.165, 1.54) is 0 Å². The van der Waals surface area contributed by atoms with Crippen LogP contribution in [0.5, 0.6) is 0 Å². The smallest absolute Gasteiger partial charge is 0.419 e. The van der Waals surface area contributed by atoms with E-state index < -0.39 is 12.2 Å². The van der Waals surface area contributed by atoms with Gasteiger partial charge in [-0.2, -0.15) is 0 Å². The van der Waals surface area contributed by atoms with E-state index >= 15 is 0 Å². The van der Waals surface area contributed by atoms with Crippen molar-refractivity contribution in [3.05, 3.63) is 0 Å². The minimum Gasteiger partial charge on any atom is -0.465 e. The number of carbonyl (C=O) groups excluding carboxylic acids is 1. The Hall–Kier alpha value is -1.26. The summed E-state index contributed by atoms with van der Waals surface area (Å²) >= 11 is 0. The molecule has 2 amide bonds. The third kappa shape index (κ3) is 3.44. The van der Waals surface area contributed by atoms with E-state index in [2.05, 4.69) is 4.74 Å². The molecule has 0 fully saturated rings. The van der Waals surface area contributed by atoms with Gasteiger partial charge in [-0.3, -0.25) is 0 Å². The van der Waals surface area contributed by atoms with Crippen molar-refractivity contribution in [2.24, 2.45) is 0 Å². The lowest BCUT2D eigenvalue weighted by Gasteiger charge is -2.13. The van der Waals surface area contributed by atoms with Crippen LogP contribution in [0.1, 0.15) is 13.8 Å². The highest BCUT2D eigenvalue weighted by Crippen LogP contribution is 1.95. The first-order valence-corrected chi connectivity index (χ1v) is 3.12. The molecule has 0 atom stereocenters. The fourth-order valence-corrected chi connectivity index (χ4v) is 0.359. The van der Waals surface area contributed by atoms with Gasteiger partial charge in [0, 0.05) is 7.05 Å². The fourth-order valence-electron chi connectivity index (χ4n) is 0.359. The molecule has 0 saturated carbocycles. The molecule has 0 aliphatic rings. The van der Waals surface area contributed by atoms with Crippen LogP contribution in [-0.4, -0.2) is 35.3 Å². The van der Waals surface area contributed by atoms with Crippen LogP contribution in [0.15, 0.2) is 0 Å². The molecule has 5 heteroatoms. The van der Waals surface area contributed by atoms with E-state index in [0.29, 0.717) is 4.90 Å². The highest BCUT2D eigenvalue weighted by Gasteiger charge is 2.17. The third-order valence-corrected chi connectivity index (χ3v) is 0.897. The molecule has 0 spiro atoms. The fraction of sp³-hybridized carbons (Fsp3) is 0.667. The molecule has 0 aromatic heterocycles. The van der Waals surface area contributed by atoms with E-state index in [0.717, 1.165) is 7.05 Å². The van der Waals surface area contributed by atoms with Gasteiger partial charge in [-0.15, -0.1) is 0 Å². The number of amides is 2. The maximum Gasteiger partial charge on any atom is 0.419 e. The topological polar surface area (TPSA) is 66.8 Å². The van der Waals surface area contributed by atoms with E-state index in [4.69, 9.17) is 5.11 Å². The molecule has 0 aromatic carbocycles. The zero-order valence-corrected chi connectivity index (χ0v) is 6.70. The van der Waals surface area contributed by atoms with Crippen molar-refractivity contribution in [1.82, 2.24) is 4.90 Å². The van der Waals surface area contributed by atoms with E-state index in [-0.39, 0.29) is 6.10 Å². The van der Waals surface area contributed by atoms with Gasteiger partial charge in [-0.25, -0.2) is 14.5 Å². The zero-order chi connectivity index (χ0) is 9.02. The zero-order valence-electron chi connectivity index (χ0n) is 6.70. The van der Waals surface area contributed by atoms with Crippen molar-refractivity contribution in [1.29, 1.82) is 0 Å². The molecule has 11 heavy (non-hydrogen) atoms. The molecule has 0 unspecified atom stereocenters. The molecule has 0 bridgehead atoms. The Bertz CT molecular complexity index is 166. The highest BCUT2D eigenvalue weighted by molar-refractivity contribution is 5.86. The number of nitrogens with zero attached hydrogens (tertiary/aromatic N) is 1. The summed E-state index contributed by atoms with van der Waals surface area (Å²) in [6, 6.07) is 0. The minimum absolute atomic E-state index is 0.302. The lowest BCUT2D eigenvalue weighted by molar-refractivity contribution is 0.0810. The second kappa shape index (κ2) is 3.80. The van der Waals surface area contributed by atoms with Gasteiger partial charge in [0.2, 0.25) is 0 Å². The summed E-state index contributed by atoms with van der Waals surface area (Å²) in [6.07, 6.45) is -2.48. The number of ether oxygens (including phenoxy) is 1. The van der Waals surface area contributed by atoms with Crippen molar-refractivity contribution >= 4 is 12.2 Å². The Morgan fingerprint density at radius 3 is 2.18 bits per heavy atom. The summed E-state index contributed by atoms with van der Waals surface area (Å²) in [6.45, 7) is 3.29. The molecule has 64 valence electrons. The SMILES string of the molecule is CC(C)OC(=O)N(C)C(=O)O. The Morgan fingerprint density at radius 1 is 1.45 bits per heavy atom. The highest BCUT2D eigenvalue weighted by atomic mass is 16.6. The summed E-state index contributed by atoms with van der Waals surface area (Å²) in [5.41, 5.74) is 0. The quantitative estimate of drug-likeness (QED) is 0.626. The standard InChI is InChI=1S/C6H11NO4/c1-4(2)11-6(10)7(3)5(8)9/h4H,1-3H3,(H,8,9). The molecule has 5 nitrogen and oxygen atoms in total. The molecule has 0 rings (SSSR count). The van der Waals surface area contributed by atoms with Crippen molar-refractivity contribution in [3.8, 4) is 0 Å². The number of imide groups is 1. The Morgan fingerprint density at radius 2 is 1.91 bits per heavy atom. The summed E-state index contributed by atoms with van der Waals surface area (Å²) in [5.74, 6) is 0. The van der Waals surface area contributed by atoms with Crippen LogP contribution in [0.2, 0.25) is 0 Å². The third-order valence-electron chi connectivity index (χ3n) is 0.897. The molecular formula is C6H11NO4. The first-order chi connectivity index (χ1) is 4.95. The Kier molecular flexibility index (Phi) is 3.36. The van der Waals surface area contributed by atoms with Gasteiger partial charge >= 0.3 is 12.2 Å². The normalized spacial score (nSPS) is 9.45. The van der Waals surface area contributed by atoms with Gasteiger partial charge in [-0.05, 0) is 13.8 Å². The van der Waals surface area contributed by atoms with Crippen LogP contribution in [-0.2, 0) is 4.74 Å². The van der Waals surface area contributed by atoms with Gasteiger partial charge in [0.25, 0.3) is 0 Å². The maximum absolute atomic E-state index is 10.7. The molecule has 0 aliphatic carbocycles. The summed E-state index contributed by atoms with van der Waals surface area (Å²) in [4.78, 5) is 21.4. The van der Waals surface area contributed by atoms with Crippen LogP contribution < -0.4 is 0 Å². The van der Waals surface area contributed by atoms with Crippen molar-refractivity contribution in [2.75, 3.05) is 7.05 Å². The van der Waals surface area contributed by atoms with Crippen LogP contribution in [0.3, 0.4) is 0 Å². The van der Waals surface area contributed by atoms with Crippen LogP contribution in [0.25, 0.3) is 0 Å². The lowest BCUT2D eigenvalue weighted by Crippen LogP contribution is -2.33. The lowest BCUT2D eigenvalue weighted by atomic mass is 10.5.